The molecule has 0 bridgehead atoms. The van der Waals surface area contributed by atoms with Gasteiger partial charge in [0.25, 0.3) is 5.91 Å². The molecule has 0 aromatic heterocycles. The smallest absolute Gasteiger partial charge is 0.266 e. The zero-order valence-corrected chi connectivity index (χ0v) is 9.32. The van der Waals surface area contributed by atoms with E-state index in [1.165, 1.54) is 0 Å². The second-order valence-corrected chi connectivity index (χ2v) is 2.95. The number of amides is 1. The highest BCUT2D eigenvalue weighted by Crippen LogP contribution is 2.15. The molecule has 4 nitrogen and oxygen atoms in total. The van der Waals surface area contributed by atoms with Gasteiger partial charge < -0.3 is 4.74 Å². The number of ether oxygens (including phenoxy) is 1. The van der Waals surface area contributed by atoms with Gasteiger partial charge in [0.15, 0.2) is 6.61 Å². The summed E-state index contributed by atoms with van der Waals surface area (Å²) in [5, 5.41) is 8.71. The van der Waals surface area contributed by atoms with E-state index in [9.17, 15) is 4.79 Å². The summed E-state index contributed by atoms with van der Waals surface area (Å²) in [5.74, 6) is 0.188. The number of halogens is 1. The van der Waals surface area contributed by atoms with Gasteiger partial charge in [0, 0.05) is 0 Å². The number of nitrogens with one attached hydrogen (secondary N) is 1. The number of para-hydroxylation sites is 1. The molecule has 1 aromatic carbocycles. The van der Waals surface area contributed by atoms with Gasteiger partial charge in [0.1, 0.15) is 11.8 Å². The molecule has 0 heterocycles. The predicted molar refractivity (Wildman–Crippen MR) is 58.8 cm³/mol. The van der Waals surface area contributed by atoms with Crippen molar-refractivity contribution in [3.05, 3.63) is 29.8 Å². The van der Waals surface area contributed by atoms with Crippen LogP contribution < -0.4 is 8.27 Å². The molecule has 72 valence electrons. The third kappa shape index (κ3) is 2.88. The SMILES string of the molecule is N#Cc1ccccc1OCC(=O)NI. The molecule has 1 amide bonds. The van der Waals surface area contributed by atoms with Gasteiger partial charge >= 0.3 is 0 Å². The Labute approximate surface area is 95.4 Å². The van der Waals surface area contributed by atoms with Crippen LogP contribution in [-0.4, -0.2) is 12.5 Å². The lowest BCUT2D eigenvalue weighted by Crippen LogP contribution is -2.20. The van der Waals surface area contributed by atoms with Crippen LogP contribution in [0.25, 0.3) is 0 Å². The van der Waals surface area contributed by atoms with Gasteiger partial charge in [-0.15, -0.1) is 0 Å². The molecule has 0 unspecified atom stereocenters. The van der Waals surface area contributed by atoms with Gasteiger partial charge in [-0.05, 0) is 12.1 Å². The van der Waals surface area contributed by atoms with Gasteiger partial charge in [-0.25, -0.2) is 0 Å². The molecule has 0 aliphatic carbocycles. The maximum atomic E-state index is 10.9. The predicted octanol–water partition coefficient (Wildman–Crippen LogP) is 1.40. The molecule has 1 aromatic rings. The maximum absolute atomic E-state index is 10.9. The fourth-order valence-corrected chi connectivity index (χ4v) is 1.01. The molecule has 0 radical (unpaired) electrons. The third-order valence-electron chi connectivity index (χ3n) is 1.47. The fourth-order valence-electron chi connectivity index (χ4n) is 0.855. The average molecular weight is 302 g/mol. The molecule has 0 aliphatic heterocycles. The summed E-state index contributed by atoms with van der Waals surface area (Å²) < 4.78 is 7.54. The molecule has 0 spiro atoms. The monoisotopic (exact) mass is 302 g/mol. The molecule has 0 fully saturated rings. The summed E-state index contributed by atoms with van der Waals surface area (Å²) in [4.78, 5) is 10.9. The van der Waals surface area contributed by atoms with Crippen molar-refractivity contribution in [1.82, 2.24) is 3.53 Å². The Hall–Kier alpha value is -1.29. The van der Waals surface area contributed by atoms with Crippen LogP contribution in [0.4, 0.5) is 0 Å². The van der Waals surface area contributed by atoms with E-state index < -0.39 is 0 Å². The van der Waals surface area contributed by atoms with Crippen molar-refractivity contribution < 1.29 is 9.53 Å². The van der Waals surface area contributed by atoms with Crippen LogP contribution in [0.5, 0.6) is 5.75 Å². The Morgan fingerprint density at radius 2 is 2.29 bits per heavy atom. The Bertz CT molecular complexity index is 373. The lowest BCUT2D eigenvalue weighted by atomic mass is 10.2. The van der Waals surface area contributed by atoms with Gasteiger partial charge in [-0.1, -0.05) is 12.1 Å². The Balaban J connectivity index is 2.68. The van der Waals surface area contributed by atoms with Crippen LogP contribution in [0.1, 0.15) is 5.56 Å². The normalized spacial score (nSPS) is 8.86. The molecule has 0 aliphatic rings. The molecule has 1 rings (SSSR count). The highest BCUT2D eigenvalue weighted by atomic mass is 127. The third-order valence-corrected chi connectivity index (χ3v) is 2.07. The van der Waals surface area contributed by atoms with Crippen LogP contribution >= 0.6 is 22.9 Å². The molecule has 1 N–H and O–H groups in total. The van der Waals surface area contributed by atoms with Crippen molar-refractivity contribution >= 4 is 28.8 Å². The number of nitriles is 1. The second kappa shape index (κ2) is 5.44. The van der Waals surface area contributed by atoms with E-state index >= 15 is 0 Å². The number of hydrogen-bond donors (Lipinski definition) is 1. The first-order chi connectivity index (χ1) is 6.77. The first-order valence-corrected chi connectivity index (χ1v) is 4.87. The zero-order valence-electron chi connectivity index (χ0n) is 7.16. The van der Waals surface area contributed by atoms with Crippen molar-refractivity contribution in [2.24, 2.45) is 0 Å². The summed E-state index contributed by atoms with van der Waals surface area (Å²) in [5.41, 5.74) is 0.425. The minimum atomic E-state index is -0.238. The van der Waals surface area contributed by atoms with E-state index in [0.29, 0.717) is 11.3 Å². The van der Waals surface area contributed by atoms with Gasteiger partial charge in [-0.2, -0.15) is 5.26 Å². The highest BCUT2D eigenvalue weighted by Gasteiger charge is 2.04. The number of benzene rings is 1. The topological polar surface area (TPSA) is 62.1 Å². The quantitative estimate of drug-likeness (QED) is 0.678. The largest absolute Gasteiger partial charge is 0.482 e. The number of carbonyl (C=O) groups excluding carboxylic acids is 1. The first-order valence-electron chi connectivity index (χ1n) is 3.79. The summed E-state index contributed by atoms with van der Waals surface area (Å²) in [6.07, 6.45) is 0. The molecule has 0 saturated heterocycles. The fraction of sp³-hybridized carbons (Fsp3) is 0.111. The standard InChI is InChI=1S/C9H7IN2O2/c10-12-9(13)6-14-8-4-2-1-3-7(8)5-11/h1-4H,6H2,(H,12,13). The molecular weight excluding hydrogens is 295 g/mol. The van der Waals surface area contributed by atoms with Crippen LogP contribution in [-0.2, 0) is 4.79 Å². The van der Waals surface area contributed by atoms with Crippen molar-refractivity contribution in [2.45, 2.75) is 0 Å². The van der Waals surface area contributed by atoms with E-state index in [1.54, 1.807) is 47.1 Å². The van der Waals surface area contributed by atoms with Gasteiger partial charge in [0.2, 0.25) is 0 Å². The zero-order chi connectivity index (χ0) is 10.4. The average Bonchev–Trinajstić information content (AvgIpc) is 2.26. The van der Waals surface area contributed by atoms with E-state index in [-0.39, 0.29) is 12.5 Å². The molecule has 0 saturated carbocycles. The number of carbonyl (C=O) groups is 1. The van der Waals surface area contributed by atoms with Gasteiger partial charge in [0.05, 0.1) is 28.4 Å². The second-order valence-electron chi connectivity index (χ2n) is 2.41. The Morgan fingerprint density at radius 3 is 2.93 bits per heavy atom. The van der Waals surface area contributed by atoms with Crippen molar-refractivity contribution in [2.75, 3.05) is 6.61 Å². The van der Waals surface area contributed by atoms with E-state index in [4.69, 9.17) is 10.00 Å². The summed E-state index contributed by atoms with van der Waals surface area (Å²) >= 11 is 1.73. The lowest BCUT2D eigenvalue weighted by Gasteiger charge is -2.05. The van der Waals surface area contributed by atoms with E-state index in [0.717, 1.165) is 0 Å². The van der Waals surface area contributed by atoms with Crippen molar-refractivity contribution in [3.63, 3.8) is 0 Å². The Kier molecular flexibility index (Phi) is 4.19. The van der Waals surface area contributed by atoms with Crippen LogP contribution in [0, 0.1) is 11.3 Å². The minimum Gasteiger partial charge on any atom is -0.482 e. The summed E-state index contributed by atoms with van der Waals surface area (Å²) in [7, 11) is 0. The number of hydrogen-bond acceptors (Lipinski definition) is 3. The van der Waals surface area contributed by atoms with Crippen LogP contribution in [0.2, 0.25) is 0 Å². The highest BCUT2D eigenvalue weighted by molar-refractivity contribution is 14.1. The Morgan fingerprint density at radius 1 is 1.57 bits per heavy atom. The first kappa shape index (κ1) is 10.8. The van der Waals surface area contributed by atoms with Gasteiger partial charge in [-0.3, -0.25) is 8.32 Å². The summed E-state index contributed by atoms with van der Waals surface area (Å²) in [6, 6.07) is 8.75. The lowest BCUT2D eigenvalue weighted by molar-refractivity contribution is -0.120. The molecule has 0 atom stereocenters. The van der Waals surface area contributed by atoms with E-state index in [1.807, 2.05) is 6.07 Å². The molecular formula is C9H7IN2O2. The number of rotatable bonds is 3. The van der Waals surface area contributed by atoms with Crippen LogP contribution in [0.3, 0.4) is 0 Å². The summed E-state index contributed by atoms with van der Waals surface area (Å²) in [6.45, 7) is -0.0817. The maximum Gasteiger partial charge on any atom is 0.266 e. The molecule has 14 heavy (non-hydrogen) atoms. The number of nitrogens with zero attached hydrogens (tertiary/aromatic N) is 1. The van der Waals surface area contributed by atoms with Crippen molar-refractivity contribution in [3.8, 4) is 11.8 Å². The van der Waals surface area contributed by atoms with E-state index in [2.05, 4.69) is 3.53 Å². The minimum absolute atomic E-state index is 0.0817. The van der Waals surface area contributed by atoms with Crippen LogP contribution in [0.15, 0.2) is 24.3 Å². The molecule has 5 heteroatoms. The van der Waals surface area contributed by atoms with Crippen molar-refractivity contribution in [1.29, 1.82) is 5.26 Å².